The normalized spacial score (nSPS) is 10.4. The minimum Gasteiger partial charge on any atom is -0.255 e. The van der Waals surface area contributed by atoms with E-state index >= 15 is 0 Å². The standard InChI is InChI=1S/C31H29N3S/c1-4-7-13-24-25(14-8-5-2)31(35-30(24)6-3)18-17-23-21-28(26-15-9-11-19-32-26)34-29(22-23)27-16-10-12-20-33-27/h3,9-12,15-16,19-22H,4-5,7-8,13-14H2,1-2H3. The lowest BCUT2D eigenvalue weighted by molar-refractivity contribution is 0.760. The van der Waals surface area contributed by atoms with Crippen LogP contribution in [0.15, 0.2) is 60.9 Å². The van der Waals surface area contributed by atoms with Crippen LogP contribution in [0.1, 0.15) is 66.0 Å². The maximum atomic E-state index is 5.90. The van der Waals surface area contributed by atoms with Crippen LogP contribution in [0.2, 0.25) is 0 Å². The third-order valence-corrected chi connectivity index (χ3v) is 6.93. The molecule has 0 spiro atoms. The minimum absolute atomic E-state index is 0.781. The Morgan fingerprint density at radius 2 is 1.31 bits per heavy atom. The Hall–Kier alpha value is -3.73. The van der Waals surface area contributed by atoms with Gasteiger partial charge in [-0.2, -0.15) is 0 Å². The van der Waals surface area contributed by atoms with Gasteiger partial charge in [-0.25, -0.2) is 4.98 Å². The Morgan fingerprint density at radius 3 is 1.80 bits per heavy atom. The van der Waals surface area contributed by atoms with Gasteiger partial charge in [0.15, 0.2) is 0 Å². The van der Waals surface area contributed by atoms with E-state index in [1.165, 1.54) is 11.1 Å². The number of aromatic nitrogens is 3. The van der Waals surface area contributed by atoms with Crippen molar-refractivity contribution in [3.05, 3.63) is 87.4 Å². The highest BCUT2D eigenvalue weighted by Gasteiger charge is 2.15. The number of unbranched alkanes of at least 4 members (excludes halogenated alkanes) is 2. The van der Waals surface area contributed by atoms with Crippen molar-refractivity contribution in [2.75, 3.05) is 0 Å². The first-order valence-corrected chi connectivity index (χ1v) is 13.0. The van der Waals surface area contributed by atoms with Crippen LogP contribution in [-0.2, 0) is 12.8 Å². The van der Waals surface area contributed by atoms with Crippen molar-refractivity contribution < 1.29 is 0 Å². The predicted molar refractivity (Wildman–Crippen MR) is 146 cm³/mol. The molecule has 0 saturated heterocycles. The van der Waals surface area contributed by atoms with Crippen molar-refractivity contribution in [1.82, 2.24) is 15.0 Å². The highest BCUT2D eigenvalue weighted by molar-refractivity contribution is 7.13. The van der Waals surface area contributed by atoms with E-state index in [2.05, 4.69) is 41.6 Å². The third-order valence-electron chi connectivity index (χ3n) is 5.81. The molecule has 174 valence electrons. The van der Waals surface area contributed by atoms with Crippen LogP contribution in [0.3, 0.4) is 0 Å². The van der Waals surface area contributed by atoms with Crippen LogP contribution in [0.25, 0.3) is 22.8 Å². The topological polar surface area (TPSA) is 38.7 Å². The van der Waals surface area contributed by atoms with Crippen molar-refractivity contribution >= 4 is 11.3 Å². The van der Waals surface area contributed by atoms with Gasteiger partial charge in [-0.15, -0.1) is 17.8 Å². The third kappa shape index (κ3) is 6.04. The van der Waals surface area contributed by atoms with Gasteiger partial charge in [0, 0.05) is 18.0 Å². The molecule has 0 radical (unpaired) electrons. The van der Waals surface area contributed by atoms with Gasteiger partial charge < -0.3 is 0 Å². The molecule has 0 N–H and O–H groups in total. The number of nitrogens with zero attached hydrogens (tertiary/aromatic N) is 3. The molecular weight excluding hydrogens is 446 g/mol. The molecule has 4 aromatic heterocycles. The summed E-state index contributed by atoms with van der Waals surface area (Å²) in [5.41, 5.74) is 6.74. The van der Waals surface area contributed by atoms with Gasteiger partial charge in [0.1, 0.15) is 0 Å². The molecule has 0 bridgehead atoms. The van der Waals surface area contributed by atoms with E-state index in [4.69, 9.17) is 11.4 Å². The quantitative estimate of drug-likeness (QED) is 0.250. The zero-order valence-electron chi connectivity index (χ0n) is 20.3. The van der Waals surface area contributed by atoms with E-state index in [9.17, 15) is 0 Å². The van der Waals surface area contributed by atoms with Gasteiger partial charge in [-0.05, 0) is 73.2 Å². The second-order valence-corrected chi connectivity index (χ2v) is 9.40. The van der Waals surface area contributed by atoms with Crippen LogP contribution < -0.4 is 0 Å². The maximum Gasteiger partial charge on any atom is 0.0906 e. The first-order chi connectivity index (χ1) is 17.2. The van der Waals surface area contributed by atoms with Gasteiger partial charge in [-0.3, -0.25) is 9.97 Å². The number of thiophene rings is 1. The molecule has 4 heterocycles. The molecule has 3 nitrogen and oxygen atoms in total. The molecule has 0 fully saturated rings. The summed E-state index contributed by atoms with van der Waals surface area (Å²) in [7, 11) is 0. The van der Waals surface area contributed by atoms with E-state index in [0.717, 1.165) is 76.6 Å². The van der Waals surface area contributed by atoms with Gasteiger partial charge in [0.2, 0.25) is 0 Å². The van der Waals surface area contributed by atoms with Crippen molar-refractivity contribution in [1.29, 1.82) is 0 Å². The maximum absolute atomic E-state index is 5.90. The van der Waals surface area contributed by atoms with Crippen molar-refractivity contribution in [2.24, 2.45) is 0 Å². The molecule has 0 saturated carbocycles. The first kappa shape index (κ1) is 24.4. The molecule has 0 aromatic carbocycles. The zero-order valence-corrected chi connectivity index (χ0v) is 21.2. The molecule has 0 aliphatic carbocycles. The minimum atomic E-state index is 0.781. The molecule has 0 atom stereocenters. The Labute approximate surface area is 212 Å². The Balaban J connectivity index is 1.80. The summed E-state index contributed by atoms with van der Waals surface area (Å²) in [6.45, 7) is 4.44. The Morgan fingerprint density at radius 1 is 0.743 bits per heavy atom. The second kappa shape index (κ2) is 12.1. The summed E-state index contributed by atoms with van der Waals surface area (Å²) >= 11 is 1.66. The molecule has 0 aliphatic heterocycles. The Kier molecular flexibility index (Phi) is 8.44. The monoisotopic (exact) mass is 475 g/mol. The summed E-state index contributed by atoms with van der Waals surface area (Å²) in [5, 5.41) is 0. The number of pyridine rings is 3. The van der Waals surface area contributed by atoms with E-state index in [1.54, 1.807) is 23.7 Å². The van der Waals surface area contributed by atoms with Crippen LogP contribution in [0, 0.1) is 24.2 Å². The zero-order chi connectivity index (χ0) is 24.5. The van der Waals surface area contributed by atoms with Gasteiger partial charge in [0.05, 0.1) is 32.5 Å². The van der Waals surface area contributed by atoms with Crippen molar-refractivity contribution in [3.63, 3.8) is 0 Å². The smallest absolute Gasteiger partial charge is 0.0906 e. The molecule has 0 amide bonds. The summed E-state index contributed by atoms with van der Waals surface area (Å²) in [6, 6.07) is 15.7. The SMILES string of the molecule is C#Cc1sc(C#Cc2cc(-c3ccccn3)nc(-c3ccccn3)c2)c(CCCC)c1CCCC. The van der Waals surface area contributed by atoms with Gasteiger partial charge >= 0.3 is 0 Å². The van der Waals surface area contributed by atoms with Crippen LogP contribution in [0.5, 0.6) is 0 Å². The number of hydrogen-bond donors (Lipinski definition) is 0. The average Bonchev–Trinajstić information content (AvgIpc) is 3.26. The fourth-order valence-corrected chi connectivity index (χ4v) is 5.04. The molecular formula is C31H29N3S. The highest BCUT2D eigenvalue weighted by atomic mass is 32.1. The predicted octanol–water partition coefficient (Wildman–Crippen LogP) is 7.33. The average molecular weight is 476 g/mol. The summed E-state index contributed by atoms with van der Waals surface area (Å²) in [4.78, 5) is 15.9. The van der Waals surface area contributed by atoms with Gasteiger partial charge in [0.25, 0.3) is 0 Å². The van der Waals surface area contributed by atoms with E-state index < -0.39 is 0 Å². The number of hydrogen-bond acceptors (Lipinski definition) is 4. The summed E-state index contributed by atoms with van der Waals surface area (Å²) in [5.74, 6) is 9.81. The van der Waals surface area contributed by atoms with Crippen molar-refractivity contribution in [3.8, 4) is 47.0 Å². The van der Waals surface area contributed by atoms with Gasteiger partial charge in [-0.1, -0.05) is 56.6 Å². The number of terminal acetylenes is 1. The van der Waals surface area contributed by atoms with Crippen molar-refractivity contribution in [2.45, 2.75) is 52.4 Å². The van der Waals surface area contributed by atoms with E-state index in [1.807, 2.05) is 48.5 Å². The fraction of sp³-hybridized carbons (Fsp3) is 0.258. The summed E-state index contributed by atoms with van der Waals surface area (Å²) < 4.78 is 0. The van der Waals surface area contributed by atoms with Crippen LogP contribution in [-0.4, -0.2) is 15.0 Å². The largest absolute Gasteiger partial charge is 0.255 e. The molecule has 0 unspecified atom stereocenters. The highest BCUT2D eigenvalue weighted by Crippen LogP contribution is 2.31. The lowest BCUT2D eigenvalue weighted by Gasteiger charge is -2.06. The lowest BCUT2D eigenvalue weighted by atomic mass is 9.98. The van der Waals surface area contributed by atoms with E-state index in [-0.39, 0.29) is 0 Å². The lowest BCUT2D eigenvalue weighted by Crippen LogP contribution is -1.95. The Bertz CT molecular complexity index is 1310. The molecule has 0 aliphatic rings. The fourth-order valence-electron chi connectivity index (χ4n) is 3.98. The molecule has 4 rings (SSSR count). The first-order valence-electron chi connectivity index (χ1n) is 12.2. The van der Waals surface area contributed by atoms with E-state index in [0.29, 0.717) is 0 Å². The summed E-state index contributed by atoms with van der Waals surface area (Å²) in [6.07, 6.45) is 16.1. The second-order valence-electron chi connectivity index (χ2n) is 8.38. The molecule has 4 heteroatoms. The molecule has 35 heavy (non-hydrogen) atoms. The molecule has 4 aromatic rings. The van der Waals surface area contributed by atoms with Crippen LogP contribution in [0.4, 0.5) is 0 Å². The number of rotatable bonds is 8. The van der Waals surface area contributed by atoms with Crippen LogP contribution >= 0.6 is 11.3 Å².